The summed E-state index contributed by atoms with van der Waals surface area (Å²) >= 11 is 2.07. The van der Waals surface area contributed by atoms with E-state index in [1.165, 1.54) is 6.42 Å². The molecule has 0 aromatic carbocycles. The Bertz CT molecular complexity index is 741. The van der Waals surface area contributed by atoms with Crippen molar-refractivity contribution in [3.05, 3.63) is 42.1 Å². The number of nitrogens with zero attached hydrogens (tertiary/aromatic N) is 5. The summed E-state index contributed by atoms with van der Waals surface area (Å²) in [5.74, 6) is 4.00. The minimum absolute atomic E-state index is 0.601. The van der Waals surface area contributed by atoms with E-state index in [2.05, 4.69) is 51.9 Å². The van der Waals surface area contributed by atoms with Gasteiger partial charge in [-0.2, -0.15) is 11.8 Å². The van der Waals surface area contributed by atoms with E-state index in [4.69, 9.17) is 4.99 Å². The van der Waals surface area contributed by atoms with Gasteiger partial charge < -0.3 is 10.2 Å². The van der Waals surface area contributed by atoms with Crippen molar-refractivity contribution in [3.8, 4) is 5.82 Å². The van der Waals surface area contributed by atoms with Gasteiger partial charge in [-0.3, -0.25) is 4.57 Å². The average Bonchev–Trinajstić information content (AvgIpc) is 3.11. The van der Waals surface area contributed by atoms with Crippen LogP contribution < -0.4 is 5.32 Å². The Hall–Kier alpha value is -2.02. The van der Waals surface area contributed by atoms with Crippen molar-refractivity contribution in [1.82, 2.24) is 24.8 Å². The molecule has 140 valence electrons. The molecule has 1 atom stereocenters. The molecule has 1 aliphatic heterocycles. The lowest BCUT2D eigenvalue weighted by atomic mass is 10.2. The first kappa shape index (κ1) is 18.8. The predicted molar refractivity (Wildman–Crippen MR) is 109 cm³/mol. The number of aromatic nitrogens is 3. The standard InChI is InChI=1S/C19H28N6S/c1-4-17-14-24(11-12-26-17)19(20-5-2)23-13-16-7-6-8-22-18(16)25-10-9-21-15(25)3/h6-10,17H,4-5,11-14H2,1-3H3,(H,20,23). The van der Waals surface area contributed by atoms with Crippen molar-refractivity contribution >= 4 is 17.7 Å². The molecule has 26 heavy (non-hydrogen) atoms. The highest BCUT2D eigenvalue weighted by molar-refractivity contribution is 8.00. The summed E-state index contributed by atoms with van der Waals surface area (Å²) in [5, 5.41) is 4.15. The lowest BCUT2D eigenvalue weighted by molar-refractivity contribution is 0.408. The fraction of sp³-hybridized carbons (Fsp3) is 0.526. The van der Waals surface area contributed by atoms with Crippen molar-refractivity contribution < 1.29 is 0 Å². The SMILES string of the molecule is CCNC(=NCc1cccnc1-n1ccnc1C)N1CCSC(CC)C1. The van der Waals surface area contributed by atoms with Gasteiger partial charge in [-0.15, -0.1) is 0 Å². The van der Waals surface area contributed by atoms with Gasteiger partial charge in [0.25, 0.3) is 0 Å². The Morgan fingerprint density at radius 2 is 2.23 bits per heavy atom. The highest BCUT2D eigenvalue weighted by Crippen LogP contribution is 2.21. The van der Waals surface area contributed by atoms with Crippen LogP contribution >= 0.6 is 11.8 Å². The van der Waals surface area contributed by atoms with Crippen molar-refractivity contribution in [2.45, 2.75) is 39.0 Å². The van der Waals surface area contributed by atoms with Crippen LogP contribution in [0, 0.1) is 6.92 Å². The topological polar surface area (TPSA) is 58.3 Å². The zero-order chi connectivity index (χ0) is 18.4. The summed E-state index contributed by atoms with van der Waals surface area (Å²) in [4.78, 5) is 16.2. The Kier molecular flexibility index (Phi) is 6.55. The molecule has 7 heteroatoms. The summed E-state index contributed by atoms with van der Waals surface area (Å²) in [6, 6.07) is 4.06. The third-order valence-electron chi connectivity index (χ3n) is 4.55. The molecule has 0 aliphatic carbocycles. The molecule has 1 fully saturated rings. The normalized spacial score (nSPS) is 18.2. The van der Waals surface area contributed by atoms with Crippen LogP contribution in [0.5, 0.6) is 0 Å². The molecule has 0 bridgehead atoms. The molecule has 3 rings (SSSR count). The van der Waals surface area contributed by atoms with Crippen molar-refractivity contribution in [2.24, 2.45) is 4.99 Å². The van der Waals surface area contributed by atoms with Gasteiger partial charge in [0.2, 0.25) is 0 Å². The van der Waals surface area contributed by atoms with Gasteiger partial charge in [0.05, 0.1) is 6.54 Å². The van der Waals surface area contributed by atoms with E-state index in [0.29, 0.717) is 11.8 Å². The van der Waals surface area contributed by atoms with E-state index < -0.39 is 0 Å². The van der Waals surface area contributed by atoms with Crippen LogP contribution in [0.4, 0.5) is 0 Å². The molecule has 1 saturated heterocycles. The molecule has 3 heterocycles. The molecule has 1 N–H and O–H groups in total. The molecule has 6 nitrogen and oxygen atoms in total. The van der Waals surface area contributed by atoms with Crippen LogP contribution in [0.15, 0.2) is 35.7 Å². The second-order valence-electron chi connectivity index (χ2n) is 6.35. The maximum atomic E-state index is 4.92. The van der Waals surface area contributed by atoms with Crippen molar-refractivity contribution in [2.75, 3.05) is 25.4 Å². The first-order valence-corrected chi connectivity index (χ1v) is 10.4. The molecule has 1 unspecified atom stereocenters. The van der Waals surface area contributed by atoms with Crippen LogP contribution in [-0.4, -0.2) is 56.0 Å². The van der Waals surface area contributed by atoms with Gasteiger partial charge in [-0.25, -0.2) is 15.0 Å². The Morgan fingerprint density at radius 3 is 2.96 bits per heavy atom. The molecule has 2 aromatic heterocycles. The second kappa shape index (κ2) is 9.07. The first-order chi connectivity index (χ1) is 12.7. The number of pyridine rings is 1. The number of imidazole rings is 1. The van der Waals surface area contributed by atoms with E-state index in [0.717, 1.165) is 48.6 Å². The third-order valence-corrected chi connectivity index (χ3v) is 5.92. The fourth-order valence-electron chi connectivity index (χ4n) is 3.12. The number of rotatable bonds is 5. The second-order valence-corrected chi connectivity index (χ2v) is 7.76. The molecule has 0 amide bonds. The van der Waals surface area contributed by atoms with Gasteiger partial charge >= 0.3 is 0 Å². The summed E-state index contributed by atoms with van der Waals surface area (Å²) in [6.07, 6.45) is 6.77. The van der Waals surface area contributed by atoms with Crippen LogP contribution in [0.25, 0.3) is 5.82 Å². The molecule has 0 spiro atoms. The van der Waals surface area contributed by atoms with E-state index in [1.54, 1.807) is 6.20 Å². The monoisotopic (exact) mass is 372 g/mol. The lowest BCUT2D eigenvalue weighted by Crippen LogP contribution is -2.48. The number of thioether (sulfide) groups is 1. The molecule has 0 radical (unpaired) electrons. The first-order valence-electron chi connectivity index (χ1n) is 9.32. The minimum atomic E-state index is 0.601. The highest BCUT2D eigenvalue weighted by atomic mass is 32.2. The number of nitrogens with one attached hydrogen (secondary N) is 1. The lowest BCUT2D eigenvalue weighted by Gasteiger charge is -2.34. The fourth-order valence-corrected chi connectivity index (χ4v) is 4.30. The zero-order valence-corrected chi connectivity index (χ0v) is 16.7. The Labute approximate surface area is 160 Å². The van der Waals surface area contributed by atoms with Gasteiger partial charge in [0.15, 0.2) is 5.96 Å². The van der Waals surface area contributed by atoms with Gasteiger partial charge in [0, 0.05) is 54.8 Å². The van der Waals surface area contributed by atoms with Gasteiger partial charge in [0.1, 0.15) is 11.6 Å². The maximum absolute atomic E-state index is 4.92. The van der Waals surface area contributed by atoms with Gasteiger partial charge in [-0.05, 0) is 26.3 Å². The van der Waals surface area contributed by atoms with E-state index >= 15 is 0 Å². The quantitative estimate of drug-likeness (QED) is 0.646. The summed E-state index contributed by atoms with van der Waals surface area (Å²) in [7, 11) is 0. The molecular weight excluding hydrogens is 344 g/mol. The van der Waals surface area contributed by atoms with E-state index in [-0.39, 0.29) is 0 Å². The smallest absolute Gasteiger partial charge is 0.194 e. The summed E-state index contributed by atoms with van der Waals surface area (Å²) in [5.41, 5.74) is 1.10. The highest BCUT2D eigenvalue weighted by Gasteiger charge is 2.21. The van der Waals surface area contributed by atoms with Crippen molar-refractivity contribution in [3.63, 3.8) is 0 Å². The van der Waals surface area contributed by atoms with E-state index in [1.807, 2.05) is 30.0 Å². The molecule has 2 aromatic rings. The minimum Gasteiger partial charge on any atom is -0.357 e. The number of aryl methyl sites for hydroxylation is 1. The van der Waals surface area contributed by atoms with Crippen LogP contribution in [-0.2, 0) is 6.54 Å². The Morgan fingerprint density at radius 1 is 1.35 bits per heavy atom. The largest absolute Gasteiger partial charge is 0.357 e. The Balaban J connectivity index is 1.81. The van der Waals surface area contributed by atoms with Crippen LogP contribution in [0.1, 0.15) is 31.7 Å². The van der Waals surface area contributed by atoms with Crippen LogP contribution in [0.2, 0.25) is 0 Å². The summed E-state index contributed by atoms with van der Waals surface area (Å²) < 4.78 is 2.02. The number of hydrogen-bond acceptors (Lipinski definition) is 4. The maximum Gasteiger partial charge on any atom is 0.194 e. The molecule has 0 saturated carbocycles. The number of aliphatic imine (C=N–C) groups is 1. The average molecular weight is 373 g/mol. The molecule has 1 aliphatic rings. The molecular formula is C19H28N6S. The van der Waals surface area contributed by atoms with E-state index in [9.17, 15) is 0 Å². The van der Waals surface area contributed by atoms with Crippen LogP contribution in [0.3, 0.4) is 0 Å². The predicted octanol–water partition coefficient (Wildman–Crippen LogP) is 2.87. The van der Waals surface area contributed by atoms with Gasteiger partial charge in [-0.1, -0.05) is 13.0 Å². The number of guanidine groups is 1. The van der Waals surface area contributed by atoms with Crippen molar-refractivity contribution in [1.29, 1.82) is 0 Å². The number of hydrogen-bond donors (Lipinski definition) is 1. The third kappa shape index (κ3) is 4.38. The summed E-state index contributed by atoms with van der Waals surface area (Å²) in [6.45, 7) is 9.96. The zero-order valence-electron chi connectivity index (χ0n) is 15.9.